The third kappa shape index (κ3) is 6.27. The molecule has 0 saturated heterocycles. The summed E-state index contributed by atoms with van der Waals surface area (Å²) in [7, 11) is 0. The molecular formula is C25H28ClN5O2S. The van der Waals surface area contributed by atoms with Gasteiger partial charge in [0.15, 0.2) is 11.0 Å². The number of rotatable bonds is 10. The zero-order chi connectivity index (χ0) is 24.7. The number of benzene rings is 2. The fourth-order valence-corrected chi connectivity index (χ4v) is 4.45. The largest absolute Gasteiger partial charge is 0.342 e. The zero-order valence-electron chi connectivity index (χ0n) is 19.5. The lowest BCUT2D eigenvalue weighted by atomic mass is 10.1. The summed E-state index contributed by atoms with van der Waals surface area (Å²) in [6.45, 7) is 10.1. The number of aryl methyl sites for hydroxylation is 2. The van der Waals surface area contributed by atoms with Crippen molar-refractivity contribution in [3.63, 3.8) is 0 Å². The molecule has 1 aromatic heterocycles. The van der Waals surface area contributed by atoms with Gasteiger partial charge in [0.2, 0.25) is 5.91 Å². The van der Waals surface area contributed by atoms with Crippen LogP contribution < -0.4 is 10.6 Å². The first-order chi connectivity index (χ1) is 16.3. The van der Waals surface area contributed by atoms with Gasteiger partial charge in [-0.1, -0.05) is 60.6 Å². The number of thioether (sulfide) groups is 1. The van der Waals surface area contributed by atoms with E-state index in [1.807, 2.05) is 36.6 Å². The molecule has 0 spiro atoms. The lowest BCUT2D eigenvalue weighted by molar-refractivity contribution is -0.113. The van der Waals surface area contributed by atoms with Gasteiger partial charge in [-0.2, -0.15) is 0 Å². The molecule has 1 unspecified atom stereocenters. The van der Waals surface area contributed by atoms with Gasteiger partial charge in [0.25, 0.3) is 5.91 Å². The van der Waals surface area contributed by atoms with Gasteiger partial charge in [-0.3, -0.25) is 9.59 Å². The van der Waals surface area contributed by atoms with Crippen LogP contribution in [-0.4, -0.2) is 32.3 Å². The van der Waals surface area contributed by atoms with Gasteiger partial charge in [0.05, 0.1) is 11.8 Å². The maximum atomic E-state index is 12.7. The number of nitrogens with one attached hydrogen (secondary N) is 2. The molecule has 3 rings (SSSR count). The Hall–Kier alpha value is -3.10. The number of anilines is 1. The van der Waals surface area contributed by atoms with Gasteiger partial charge in [-0.25, -0.2) is 0 Å². The number of nitrogens with zero attached hydrogens (tertiary/aromatic N) is 3. The van der Waals surface area contributed by atoms with E-state index in [0.717, 1.165) is 23.2 Å². The number of amides is 2. The summed E-state index contributed by atoms with van der Waals surface area (Å²) in [5.74, 6) is 0.369. The van der Waals surface area contributed by atoms with Gasteiger partial charge in [0.1, 0.15) is 0 Å². The van der Waals surface area contributed by atoms with E-state index in [4.69, 9.17) is 11.6 Å². The fourth-order valence-electron chi connectivity index (χ4n) is 3.51. The molecule has 0 aliphatic heterocycles. The molecule has 0 aliphatic carbocycles. The molecule has 0 radical (unpaired) electrons. The highest BCUT2D eigenvalue weighted by Gasteiger charge is 2.21. The van der Waals surface area contributed by atoms with E-state index in [2.05, 4.69) is 34.3 Å². The molecule has 0 aliphatic rings. The number of carbonyl (C=O) groups excluding carboxylic acids is 2. The first kappa shape index (κ1) is 25.5. The Morgan fingerprint density at radius 3 is 2.71 bits per heavy atom. The Labute approximate surface area is 209 Å². The van der Waals surface area contributed by atoms with E-state index < -0.39 is 6.04 Å². The number of aromatic nitrogens is 3. The Morgan fingerprint density at radius 1 is 1.24 bits per heavy atom. The zero-order valence-corrected chi connectivity index (χ0v) is 21.0. The summed E-state index contributed by atoms with van der Waals surface area (Å²) < 4.78 is 1.85. The summed E-state index contributed by atoms with van der Waals surface area (Å²) in [6, 6.07) is 12.3. The van der Waals surface area contributed by atoms with Gasteiger partial charge >= 0.3 is 0 Å². The average molecular weight is 498 g/mol. The maximum Gasteiger partial charge on any atom is 0.251 e. The monoisotopic (exact) mass is 497 g/mol. The molecule has 2 amide bonds. The highest BCUT2D eigenvalue weighted by Crippen LogP contribution is 2.24. The summed E-state index contributed by atoms with van der Waals surface area (Å²) in [5.41, 5.74) is 3.45. The van der Waals surface area contributed by atoms with Crippen molar-refractivity contribution < 1.29 is 9.59 Å². The van der Waals surface area contributed by atoms with Gasteiger partial charge in [-0.15, -0.1) is 16.8 Å². The van der Waals surface area contributed by atoms with Crippen LogP contribution in [0.1, 0.15) is 47.2 Å². The molecule has 9 heteroatoms. The van der Waals surface area contributed by atoms with Crippen molar-refractivity contribution in [2.45, 2.75) is 44.9 Å². The Morgan fingerprint density at radius 2 is 2.00 bits per heavy atom. The van der Waals surface area contributed by atoms with Crippen LogP contribution in [0.5, 0.6) is 0 Å². The highest BCUT2D eigenvalue weighted by molar-refractivity contribution is 7.99. The number of halogens is 1. The number of hydrogen-bond acceptors (Lipinski definition) is 5. The molecule has 1 atom stereocenters. The second-order valence-electron chi connectivity index (χ2n) is 7.74. The van der Waals surface area contributed by atoms with Gasteiger partial charge < -0.3 is 15.2 Å². The molecule has 178 valence electrons. The molecule has 2 aromatic carbocycles. The van der Waals surface area contributed by atoms with Crippen molar-refractivity contribution in [2.24, 2.45) is 0 Å². The standard InChI is InChI=1S/C25H28ClN5O2S/c1-5-13-31-23(17(4)27-24(33)19-11-8-12-20(26)14-19)29-30-25(31)34-15-21(32)28-22-16(3)9-7-10-18(22)6-2/h5,7-12,14,17H,1,6,13,15H2,2-4H3,(H,27,33)(H,28,32). The fraction of sp³-hybridized carbons (Fsp3) is 0.280. The maximum absolute atomic E-state index is 12.7. The second kappa shape index (κ2) is 11.9. The van der Waals surface area contributed by atoms with Crippen LogP contribution in [-0.2, 0) is 17.8 Å². The molecule has 7 nitrogen and oxygen atoms in total. The quantitative estimate of drug-likeness (QED) is 0.296. The number of carbonyl (C=O) groups is 2. The first-order valence-corrected chi connectivity index (χ1v) is 12.3. The molecular weight excluding hydrogens is 470 g/mol. The van der Waals surface area contributed by atoms with Gasteiger partial charge in [-0.05, 0) is 49.6 Å². The smallest absolute Gasteiger partial charge is 0.251 e. The predicted octanol–water partition coefficient (Wildman–Crippen LogP) is 5.21. The summed E-state index contributed by atoms with van der Waals surface area (Å²) in [6.07, 6.45) is 2.56. The molecule has 0 bridgehead atoms. The molecule has 2 N–H and O–H groups in total. The molecule has 1 heterocycles. The minimum absolute atomic E-state index is 0.119. The second-order valence-corrected chi connectivity index (χ2v) is 9.12. The Bertz CT molecular complexity index is 1190. The minimum Gasteiger partial charge on any atom is -0.342 e. The Balaban J connectivity index is 1.69. The third-order valence-corrected chi connectivity index (χ3v) is 6.42. The van der Waals surface area contributed by atoms with Crippen LogP contribution in [0.3, 0.4) is 0 Å². The van der Waals surface area contributed by atoms with Gasteiger partial charge in [0, 0.05) is 22.8 Å². The lowest BCUT2D eigenvalue weighted by Gasteiger charge is -2.15. The molecule has 0 saturated carbocycles. The molecule has 34 heavy (non-hydrogen) atoms. The summed E-state index contributed by atoms with van der Waals surface area (Å²) >= 11 is 7.28. The lowest BCUT2D eigenvalue weighted by Crippen LogP contribution is -2.28. The predicted molar refractivity (Wildman–Crippen MR) is 137 cm³/mol. The summed E-state index contributed by atoms with van der Waals surface area (Å²) in [5, 5.41) is 15.5. The number of para-hydroxylation sites is 1. The topological polar surface area (TPSA) is 88.9 Å². The van der Waals surface area contributed by atoms with E-state index in [-0.39, 0.29) is 17.6 Å². The van der Waals surface area contributed by atoms with Crippen LogP contribution in [0, 0.1) is 6.92 Å². The third-order valence-electron chi connectivity index (χ3n) is 5.22. The van der Waals surface area contributed by atoms with E-state index in [1.54, 1.807) is 30.3 Å². The van der Waals surface area contributed by atoms with Crippen LogP contribution >= 0.6 is 23.4 Å². The number of allylic oxidation sites excluding steroid dienone is 1. The van der Waals surface area contributed by atoms with Crippen molar-refractivity contribution in [2.75, 3.05) is 11.1 Å². The van der Waals surface area contributed by atoms with Crippen molar-refractivity contribution in [1.82, 2.24) is 20.1 Å². The average Bonchev–Trinajstić information content (AvgIpc) is 3.22. The van der Waals surface area contributed by atoms with Crippen LogP contribution in [0.15, 0.2) is 60.3 Å². The molecule has 0 fully saturated rings. The van der Waals surface area contributed by atoms with Crippen LogP contribution in [0.25, 0.3) is 0 Å². The van der Waals surface area contributed by atoms with Crippen molar-refractivity contribution in [3.05, 3.63) is 82.7 Å². The highest BCUT2D eigenvalue weighted by atomic mass is 35.5. The number of hydrogen-bond donors (Lipinski definition) is 2. The normalized spacial score (nSPS) is 11.6. The SMILES string of the molecule is C=CCn1c(SCC(=O)Nc2c(C)cccc2CC)nnc1C(C)NC(=O)c1cccc(Cl)c1. The minimum atomic E-state index is -0.416. The van der Waals surface area contributed by atoms with Crippen molar-refractivity contribution in [3.8, 4) is 0 Å². The van der Waals surface area contributed by atoms with E-state index in [0.29, 0.717) is 28.1 Å². The Kier molecular flexibility index (Phi) is 8.90. The van der Waals surface area contributed by atoms with E-state index in [9.17, 15) is 9.59 Å². The van der Waals surface area contributed by atoms with Crippen LogP contribution in [0.4, 0.5) is 5.69 Å². The van der Waals surface area contributed by atoms with E-state index in [1.165, 1.54) is 11.8 Å². The van der Waals surface area contributed by atoms with E-state index >= 15 is 0 Å². The van der Waals surface area contributed by atoms with Crippen molar-refractivity contribution >= 4 is 40.9 Å². The summed E-state index contributed by atoms with van der Waals surface area (Å²) in [4.78, 5) is 25.3. The molecule has 3 aromatic rings. The van der Waals surface area contributed by atoms with Crippen molar-refractivity contribution in [1.29, 1.82) is 0 Å². The first-order valence-electron chi connectivity index (χ1n) is 11.0. The van der Waals surface area contributed by atoms with Crippen LogP contribution in [0.2, 0.25) is 5.02 Å².